The van der Waals surface area contributed by atoms with Crippen molar-refractivity contribution in [2.45, 2.75) is 25.7 Å². The molecule has 0 saturated carbocycles. The van der Waals surface area contributed by atoms with E-state index in [1.807, 2.05) is 31.2 Å². The molecule has 0 fully saturated rings. The zero-order valence-corrected chi connectivity index (χ0v) is 17.1. The fourth-order valence-corrected chi connectivity index (χ4v) is 4.96. The van der Waals surface area contributed by atoms with Gasteiger partial charge in [-0.05, 0) is 30.2 Å². The van der Waals surface area contributed by atoms with Crippen molar-refractivity contribution in [3.63, 3.8) is 0 Å². The van der Waals surface area contributed by atoms with Crippen LogP contribution in [0.3, 0.4) is 0 Å². The van der Waals surface area contributed by atoms with Gasteiger partial charge < -0.3 is 15.2 Å². The van der Waals surface area contributed by atoms with E-state index in [0.717, 1.165) is 28.2 Å². The van der Waals surface area contributed by atoms with Crippen LogP contribution < -0.4 is 10.1 Å². The van der Waals surface area contributed by atoms with Gasteiger partial charge in [0.1, 0.15) is 16.4 Å². The number of carbonyl (C=O) groups excluding carboxylic acids is 1. The molecule has 4 rings (SSSR count). The summed E-state index contributed by atoms with van der Waals surface area (Å²) in [5.41, 5.74) is 2.04. The molecule has 1 aromatic heterocycles. The molecule has 30 heavy (non-hydrogen) atoms. The Balaban J connectivity index is 1.90. The number of thiophene rings is 1. The van der Waals surface area contributed by atoms with Crippen LogP contribution in [0.2, 0.25) is 0 Å². The van der Waals surface area contributed by atoms with Crippen molar-refractivity contribution in [1.82, 2.24) is 0 Å². The van der Waals surface area contributed by atoms with E-state index in [4.69, 9.17) is 4.74 Å². The average molecular weight is 425 g/mol. The third-order valence-electron chi connectivity index (χ3n) is 4.97. The van der Waals surface area contributed by atoms with Crippen LogP contribution >= 0.6 is 11.3 Å². The maximum atomic E-state index is 13.9. The highest BCUT2D eigenvalue weighted by Crippen LogP contribution is 2.50. The van der Waals surface area contributed by atoms with Gasteiger partial charge in [-0.3, -0.25) is 4.79 Å². The van der Waals surface area contributed by atoms with Gasteiger partial charge in [-0.25, -0.2) is 9.18 Å². The molecule has 0 saturated heterocycles. The first kappa shape index (κ1) is 20.1. The van der Waals surface area contributed by atoms with Crippen LogP contribution in [0, 0.1) is 5.82 Å². The van der Waals surface area contributed by atoms with Crippen molar-refractivity contribution in [3.05, 3.63) is 69.7 Å². The Hall–Kier alpha value is -3.19. The number of benzene rings is 2. The highest BCUT2D eigenvalue weighted by Gasteiger charge is 2.35. The summed E-state index contributed by atoms with van der Waals surface area (Å²) in [6.45, 7) is 2.56. The second-order valence-electron chi connectivity index (χ2n) is 7.05. The van der Waals surface area contributed by atoms with E-state index in [1.165, 1.54) is 18.2 Å². The average Bonchev–Trinajstić information content (AvgIpc) is 3.11. The number of rotatable bonds is 6. The molecule has 1 atom stereocenters. The quantitative estimate of drug-likeness (QED) is 0.546. The van der Waals surface area contributed by atoms with Crippen molar-refractivity contribution >= 4 is 28.9 Å². The van der Waals surface area contributed by atoms with Crippen molar-refractivity contribution < 1.29 is 23.8 Å². The standard InChI is InChI=1S/C23H20FNO4S/c1-2-10-29-17-9-4-3-8-15(17)16-12-18(26)25-20-19(13-6-5-7-14(24)11-13)22(23(27)28)30-21(16)20/h3-9,11,16H,2,10,12H2,1H3,(H,25,26)(H,27,28)/t16-/m0/s1. The number of aromatic carboxylic acids is 1. The van der Waals surface area contributed by atoms with E-state index in [2.05, 4.69) is 5.32 Å². The largest absolute Gasteiger partial charge is 0.493 e. The van der Waals surface area contributed by atoms with Crippen molar-refractivity contribution in [2.75, 3.05) is 11.9 Å². The summed E-state index contributed by atoms with van der Waals surface area (Å²) in [6.07, 6.45) is 1.03. The predicted octanol–water partition coefficient (Wildman–Crippen LogP) is 5.52. The number of anilines is 1. The third-order valence-corrected chi connectivity index (χ3v) is 6.26. The molecule has 2 heterocycles. The second-order valence-corrected chi connectivity index (χ2v) is 8.10. The maximum absolute atomic E-state index is 13.9. The molecule has 3 aromatic rings. The second kappa shape index (κ2) is 8.28. The van der Waals surface area contributed by atoms with Crippen LogP contribution in [-0.2, 0) is 4.79 Å². The molecule has 0 bridgehead atoms. The summed E-state index contributed by atoms with van der Waals surface area (Å²) in [7, 11) is 0. The fraction of sp³-hybridized carbons (Fsp3) is 0.217. The number of carboxylic acid groups (broad SMARTS) is 1. The van der Waals surface area contributed by atoms with Gasteiger partial charge in [-0.15, -0.1) is 11.3 Å². The number of ether oxygens (including phenoxy) is 1. The molecule has 0 aliphatic carbocycles. The van der Waals surface area contributed by atoms with Crippen LogP contribution in [0.1, 0.15) is 45.8 Å². The number of carbonyl (C=O) groups is 2. The molecule has 0 radical (unpaired) electrons. The lowest BCUT2D eigenvalue weighted by molar-refractivity contribution is -0.116. The predicted molar refractivity (Wildman–Crippen MR) is 114 cm³/mol. The van der Waals surface area contributed by atoms with Crippen LogP contribution in [0.5, 0.6) is 5.75 Å². The summed E-state index contributed by atoms with van der Waals surface area (Å²) in [5.74, 6) is -1.46. The zero-order chi connectivity index (χ0) is 21.3. The number of nitrogens with one attached hydrogen (secondary N) is 1. The lowest BCUT2D eigenvalue weighted by Gasteiger charge is -2.25. The Morgan fingerprint density at radius 1 is 1.27 bits per heavy atom. The Labute approximate surface area is 177 Å². The molecule has 1 aliphatic heterocycles. The summed E-state index contributed by atoms with van der Waals surface area (Å²) in [4.78, 5) is 25.4. The molecular formula is C23H20FNO4S. The summed E-state index contributed by atoms with van der Waals surface area (Å²) < 4.78 is 19.7. The number of hydrogen-bond donors (Lipinski definition) is 2. The molecule has 154 valence electrons. The molecule has 0 unspecified atom stereocenters. The van der Waals surface area contributed by atoms with Crippen LogP contribution in [0.25, 0.3) is 11.1 Å². The van der Waals surface area contributed by atoms with Gasteiger partial charge in [-0.2, -0.15) is 0 Å². The van der Waals surface area contributed by atoms with Gasteiger partial charge in [0.05, 0.1) is 12.3 Å². The van der Waals surface area contributed by atoms with Gasteiger partial charge in [0.15, 0.2) is 0 Å². The Morgan fingerprint density at radius 3 is 2.80 bits per heavy atom. The molecular weight excluding hydrogens is 405 g/mol. The number of hydrogen-bond acceptors (Lipinski definition) is 4. The minimum absolute atomic E-state index is 0.0738. The molecule has 1 amide bonds. The third kappa shape index (κ3) is 3.68. The monoisotopic (exact) mass is 425 g/mol. The summed E-state index contributed by atoms with van der Waals surface area (Å²) in [6, 6.07) is 13.3. The Kier molecular flexibility index (Phi) is 5.55. The first-order chi connectivity index (χ1) is 14.5. The lowest BCUT2D eigenvalue weighted by Crippen LogP contribution is -2.23. The number of carboxylic acids is 1. The van der Waals surface area contributed by atoms with Crippen molar-refractivity contribution in [2.24, 2.45) is 0 Å². The highest BCUT2D eigenvalue weighted by atomic mass is 32.1. The topological polar surface area (TPSA) is 75.6 Å². The minimum Gasteiger partial charge on any atom is -0.493 e. The van der Waals surface area contributed by atoms with Crippen LogP contribution in [0.4, 0.5) is 10.1 Å². The van der Waals surface area contributed by atoms with Crippen LogP contribution in [-0.4, -0.2) is 23.6 Å². The fourth-order valence-electron chi connectivity index (χ4n) is 3.72. The number of fused-ring (bicyclic) bond motifs is 1. The van der Waals surface area contributed by atoms with Gasteiger partial charge in [0.2, 0.25) is 5.91 Å². The van der Waals surface area contributed by atoms with Crippen molar-refractivity contribution in [1.29, 1.82) is 0 Å². The first-order valence-corrected chi connectivity index (χ1v) is 10.5. The molecule has 5 nitrogen and oxygen atoms in total. The van der Waals surface area contributed by atoms with E-state index in [9.17, 15) is 19.1 Å². The maximum Gasteiger partial charge on any atom is 0.346 e. The number of para-hydroxylation sites is 1. The summed E-state index contributed by atoms with van der Waals surface area (Å²) >= 11 is 1.12. The van der Waals surface area contributed by atoms with E-state index < -0.39 is 11.8 Å². The highest BCUT2D eigenvalue weighted by molar-refractivity contribution is 7.15. The molecule has 0 spiro atoms. The molecule has 1 aliphatic rings. The minimum atomic E-state index is -1.11. The summed E-state index contributed by atoms with van der Waals surface area (Å²) in [5, 5.41) is 12.6. The molecule has 2 aromatic carbocycles. The number of halogens is 1. The van der Waals surface area contributed by atoms with E-state index in [1.54, 1.807) is 6.07 Å². The Morgan fingerprint density at radius 2 is 2.07 bits per heavy atom. The smallest absolute Gasteiger partial charge is 0.346 e. The Bertz CT molecular complexity index is 1120. The van der Waals surface area contributed by atoms with Gasteiger partial charge in [-0.1, -0.05) is 37.3 Å². The van der Waals surface area contributed by atoms with Crippen LogP contribution in [0.15, 0.2) is 48.5 Å². The van der Waals surface area contributed by atoms with Crippen molar-refractivity contribution in [3.8, 4) is 16.9 Å². The van der Waals surface area contributed by atoms with E-state index >= 15 is 0 Å². The van der Waals surface area contributed by atoms with E-state index in [-0.39, 0.29) is 23.1 Å². The number of amides is 1. The molecule has 2 N–H and O–H groups in total. The van der Waals surface area contributed by atoms with Gasteiger partial charge in [0, 0.05) is 28.3 Å². The zero-order valence-electron chi connectivity index (χ0n) is 16.3. The van der Waals surface area contributed by atoms with E-state index in [0.29, 0.717) is 29.2 Å². The normalized spacial score (nSPS) is 15.4. The first-order valence-electron chi connectivity index (χ1n) is 9.67. The lowest BCUT2D eigenvalue weighted by atomic mass is 9.88. The van der Waals surface area contributed by atoms with Gasteiger partial charge in [0.25, 0.3) is 0 Å². The SMILES string of the molecule is CCCOc1ccccc1[C@@H]1CC(=O)Nc2c1sc(C(=O)O)c2-c1cccc(F)c1. The van der Waals surface area contributed by atoms with Gasteiger partial charge >= 0.3 is 5.97 Å². The molecule has 7 heteroatoms.